The normalized spacial score (nSPS) is 13.3. The van der Waals surface area contributed by atoms with E-state index in [1.807, 2.05) is 17.2 Å². The van der Waals surface area contributed by atoms with E-state index in [0.29, 0.717) is 0 Å². The number of unbranched alkanes of at least 4 members (excludes halogenated alkanes) is 1. The van der Waals surface area contributed by atoms with Gasteiger partial charge in [-0.2, -0.15) is 0 Å². The van der Waals surface area contributed by atoms with Crippen LogP contribution in [0.2, 0.25) is 0 Å². The van der Waals surface area contributed by atoms with Crippen molar-refractivity contribution in [2.45, 2.75) is 40.0 Å². The number of rotatable bonds is 7. The molecule has 1 unspecified atom stereocenters. The highest BCUT2D eigenvalue weighted by molar-refractivity contribution is 8.02. The fourth-order valence-corrected chi connectivity index (χ4v) is 1.61. The van der Waals surface area contributed by atoms with Crippen molar-refractivity contribution in [1.29, 1.82) is 0 Å². The van der Waals surface area contributed by atoms with Gasteiger partial charge in [0.15, 0.2) is 0 Å². The molecular weight excluding hydrogens is 164 g/mol. The SMILES string of the molecule is C=CSCCCCC(C)C(C)C. The fraction of sp³-hybridized carbons (Fsp3) is 0.818. The second-order valence-electron chi connectivity index (χ2n) is 3.75. The molecule has 72 valence electrons. The Morgan fingerprint density at radius 2 is 1.92 bits per heavy atom. The zero-order chi connectivity index (χ0) is 9.40. The smallest absolute Gasteiger partial charge is 0.00262 e. The Labute approximate surface area is 81.8 Å². The average molecular weight is 186 g/mol. The summed E-state index contributed by atoms with van der Waals surface area (Å²) in [6.45, 7) is 10.7. The van der Waals surface area contributed by atoms with Gasteiger partial charge in [-0.15, -0.1) is 11.8 Å². The summed E-state index contributed by atoms with van der Waals surface area (Å²) in [5, 5.41) is 1.94. The minimum atomic E-state index is 0.844. The van der Waals surface area contributed by atoms with Crippen molar-refractivity contribution in [3.63, 3.8) is 0 Å². The van der Waals surface area contributed by atoms with Gasteiger partial charge < -0.3 is 0 Å². The van der Waals surface area contributed by atoms with Gasteiger partial charge in [-0.25, -0.2) is 0 Å². The molecule has 0 bridgehead atoms. The van der Waals surface area contributed by atoms with Gasteiger partial charge in [0.1, 0.15) is 0 Å². The lowest BCUT2D eigenvalue weighted by Crippen LogP contribution is -2.03. The molecule has 0 aromatic carbocycles. The highest BCUT2D eigenvalue weighted by Crippen LogP contribution is 2.17. The van der Waals surface area contributed by atoms with E-state index in [-0.39, 0.29) is 0 Å². The third-order valence-electron chi connectivity index (χ3n) is 2.43. The van der Waals surface area contributed by atoms with E-state index in [1.54, 1.807) is 0 Å². The lowest BCUT2D eigenvalue weighted by molar-refractivity contribution is 0.381. The van der Waals surface area contributed by atoms with Gasteiger partial charge in [-0.05, 0) is 29.4 Å². The molecule has 12 heavy (non-hydrogen) atoms. The molecule has 1 atom stereocenters. The molecule has 0 rings (SSSR count). The van der Waals surface area contributed by atoms with E-state index in [4.69, 9.17) is 0 Å². The second kappa shape index (κ2) is 7.72. The first-order valence-corrected chi connectivity index (χ1v) is 5.96. The Bertz CT molecular complexity index is 108. The molecule has 0 saturated heterocycles. The van der Waals surface area contributed by atoms with Gasteiger partial charge in [0.05, 0.1) is 0 Å². The monoisotopic (exact) mass is 186 g/mol. The second-order valence-corrected chi connectivity index (χ2v) is 4.83. The topological polar surface area (TPSA) is 0 Å². The molecule has 0 fully saturated rings. The standard InChI is InChI=1S/C11H22S/c1-5-12-9-7-6-8-11(4)10(2)3/h5,10-11H,1,6-9H2,2-4H3. The lowest BCUT2D eigenvalue weighted by atomic mass is 9.93. The van der Waals surface area contributed by atoms with Gasteiger partial charge in [0, 0.05) is 0 Å². The van der Waals surface area contributed by atoms with Crippen molar-refractivity contribution < 1.29 is 0 Å². The summed E-state index contributed by atoms with van der Waals surface area (Å²) in [7, 11) is 0. The maximum atomic E-state index is 3.68. The number of hydrogen-bond donors (Lipinski definition) is 0. The summed E-state index contributed by atoms with van der Waals surface area (Å²) >= 11 is 1.83. The fourth-order valence-electron chi connectivity index (χ4n) is 1.07. The molecule has 0 radical (unpaired) electrons. The molecule has 0 aromatic rings. The molecule has 1 heteroatoms. The van der Waals surface area contributed by atoms with Crippen LogP contribution in [0.25, 0.3) is 0 Å². The molecule has 0 aliphatic rings. The molecule has 0 N–H and O–H groups in total. The summed E-state index contributed by atoms with van der Waals surface area (Å²) < 4.78 is 0. The van der Waals surface area contributed by atoms with E-state index >= 15 is 0 Å². The quantitative estimate of drug-likeness (QED) is 0.533. The molecule has 0 saturated carbocycles. The highest BCUT2D eigenvalue weighted by atomic mass is 32.2. The molecular formula is C11H22S. The first-order chi connectivity index (χ1) is 5.68. The Balaban J connectivity index is 3.13. The number of hydrogen-bond acceptors (Lipinski definition) is 1. The zero-order valence-electron chi connectivity index (χ0n) is 8.68. The van der Waals surface area contributed by atoms with Gasteiger partial charge in [-0.3, -0.25) is 0 Å². The molecule has 0 spiro atoms. The molecule has 0 heterocycles. The average Bonchev–Trinajstić information content (AvgIpc) is 2.03. The molecule has 0 aliphatic carbocycles. The van der Waals surface area contributed by atoms with E-state index in [2.05, 4.69) is 27.4 Å². The van der Waals surface area contributed by atoms with Gasteiger partial charge in [0.25, 0.3) is 0 Å². The van der Waals surface area contributed by atoms with E-state index < -0.39 is 0 Å². The van der Waals surface area contributed by atoms with Crippen LogP contribution in [0.4, 0.5) is 0 Å². The van der Waals surface area contributed by atoms with E-state index in [0.717, 1.165) is 11.8 Å². The summed E-state index contributed by atoms with van der Waals surface area (Å²) in [5.74, 6) is 2.98. The summed E-state index contributed by atoms with van der Waals surface area (Å²) in [6, 6.07) is 0. The van der Waals surface area contributed by atoms with Crippen LogP contribution < -0.4 is 0 Å². The Kier molecular flexibility index (Phi) is 7.78. The largest absolute Gasteiger partial charge is 0.135 e. The van der Waals surface area contributed by atoms with Crippen LogP contribution in [0, 0.1) is 11.8 Å². The van der Waals surface area contributed by atoms with Crippen molar-refractivity contribution in [1.82, 2.24) is 0 Å². The van der Waals surface area contributed by atoms with Crippen molar-refractivity contribution in [2.75, 3.05) is 5.75 Å². The van der Waals surface area contributed by atoms with Crippen LogP contribution in [-0.4, -0.2) is 5.75 Å². The Morgan fingerprint density at radius 1 is 1.25 bits per heavy atom. The van der Waals surface area contributed by atoms with Crippen LogP contribution in [0.15, 0.2) is 12.0 Å². The van der Waals surface area contributed by atoms with Crippen LogP contribution in [0.1, 0.15) is 40.0 Å². The van der Waals surface area contributed by atoms with Crippen LogP contribution in [0.5, 0.6) is 0 Å². The third-order valence-corrected chi connectivity index (χ3v) is 3.19. The minimum absolute atomic E-state index is 0.844. The van der Waals surface area contributed by atoms with E-state index in [9.17, 15) is 0 Å². The van der Waals surface area contributed by atoms with Crippen molar-refractivity contribution >= 4 is 11.8 Å². The Morgan fingerprint density at radius 3 is 2.42 bits per heavy atom. The molecule has 0 aromatic heterocycles. The Hall–Kier alpha value is 0.0900. The first-order valence-electron chi connectivity index (χ1n) is 4.91. The predicted molar refractivity (Wildman–Crippen MR) is 60.5 cm³/mol. The zero-order valence-corrected chi connectivity index (χ0v) is 9.49. The molecule has 0 nitrogen and oxygen atoms in total. The first kappa shape index (κ1) is 12.1. The summed E-state index contributed by atoms with van der Waals surface area (Å²) in [4.78, 5) is 0. The predicted octanol–water partition coefficient (Wildman–Crippen LogP) is 4.33. The van der Waals surface area contributed by atoms with Crippen LogP contribution in [0.3, 0.4) is 0 Å². The van der Waals surface area contributed by atoms with Gasteiger partial charge in [-0.1, -0.05) is 40.2 Å². The maximum absolute atomic E-state index is 3.68. The highest BCUT2D eigenvalue weighted by Gasteiger charge is 2.05. The summed E-state index contributed by atoms with van der Waals surface area (Å²) in [5.41, 5.74) is 0. The third kappa shape index (κ3) is 6.78. The minimum Gasteiger partial charge on any atom is -0.135 e. The van der Waals surface area contributed by atoms with Gasteiger partial charge in [0.2, 0.25) is 0 Å². The lowest BCUT2D eigenvalue weighted by Gasteiger charge is -2.14. The van der Waals surface area contributed by atoms with E-state index in [1.165, 1.54) is 25.0 Å². The maximum Gasteiger partial charge on any atom is -0.00262 e. The van der Waals surface area contributed by atoms with Crippen LogP contribution in [-0.2, 0) is 0 Å². The molecule has 0 aliphatic heterocycles. The van der Waals surface area contributed by atoms with Crippen LogP contribution >= 0.6 is 11.8 Å². The van der Waals surface area contributed by atoms with Crippen molar-refractivity contribution in [3.05, 3.63) is 12.0 Å². The van der Waals surface area contributed by atoms with Crippen molar-refractivity contribution in [2.24, 2.45) is 11.8 Å². The number of thioether (sulfide) groups is 1. The van der Waals surface area contributed by atoms with Gasteiger partial charge >= 0.3 is 0 Å². The van der Waals surface area contributed by atoms with Crippen molar-refractivity contribution in [3.8, 4) is 0 Å². The summed E-state index contributed by atoms with van der Waals surface area (Å²) in [6.07, 6.45) is 4.10. The molecule has 0 amide bonds.